The highest BCUT2D eigenvalue weighted by molar-refractivity contribution is 4.97. The molecule has 0 fully saturated rings. The Morgan fingerprint density at radius 3 is 2.07 bits per heavy atom. The number of hydrogen-bond donors (Lipinski definition) is 1. The molecule has 0 bridgehead atoms. The third-order valence-corrected chi connectivity index (χ3v) is 2.37. The molecule has 1 N–H and O–H groups in total. The fourth-order valence-electron chi connectivity index (χ4n) is 1.40. The normalized spacial score (nSPS) is 13.1. The van der Waals surface area contributed by atoms with Crippen molar-refractivity contribution in [3.63, 3.8) is 0 Å². The fraction of sp³-hybridized carbons (Fsp3) is 0.833. The van der Waals surface area contributed by atoms with E-state index in [0.29, 0.717) is 13.2 Å². The highest BCUT2D eigenvalue weighted by atomic mass is 16.7. The molecule has 90 valence electrons. The van der Waals surface area contributed by atoms with E-state index in [9.17, 15) is 0 Å². The van der Waals surface area contributed by atoms with Gasteiger partial charge in [-0.25, -0.2) is 0 Å². The Morgan fingerprint density at radius 1 is 1.20 bits per heavy atom. The minimum atomic E-state index is -0.173. The average Bonchev–Trinajstić information content (AvgIpc) is 2.25. The van der Waals surface area contributed by atoms with Crippen LogP contribution in [-0.4, -0.2) is 32.6 Å². The topological polar surface area (TPSA) is 30.5 Å². The van der Waals surface area contributed by atoms with Gasteiger partial charge in [-0.2, -0.15) is 0 Å². The quantitative estimate of drug-likeness (QED) is 0.473. The van der Waals surface area contributed by atoms with Gasteiger partial charge in [0.15, 0.2) is 6.29 Å². The third kappa shape index (κ3) is 5.92. The first-order chi connectivity index (χ1) is 7.19. The summed E-state index contributed by atoms with van der Waals surface area (Å²) in [5.74, 6) is 0. The second-order valence-corrected chi connectivity index (χ2v) is 3.48. The van der Waals surface area contributed by atoms with Crippen molar-refractivity contribution in [1.29, 1.82) is 0 Å². The zero-order valence-corrected chi connectivity index (χ0v) is 10.5. The molecular formula is C12H25NO2. The molecule has 0 aliphatic carbocycles. The van der Waals surface area contributed by atoms with Gasteiger partial charge in [0.2, 0.25) is 0 Å². The Morgan fingerprint density at radius 2 is 1.73 bits per heavy atom. The molecule has 0 saturated carbocycles. The van der Waals surface area contributed by atoms with E-state index < -0.39 is 0 Å². The van der Waals surface area contributed by atoms with Crippen LogP contribution in [-0.2, 0) is 9.47 Å². The largest absolute Gasteiger partial charge is 0.351 e. The SMILES string of the molecule is C=C(CC)CC(NC)C(OCC)OCC. The van der Waals surface area contributed by atoms with Crippen LogP contribution < -0.4 is 5.32 Å². The van der Waals surface area contributed by atoms with E-state index in [0.717, 1.165) is 12.8 Å². The molecule has 0 radical (unpaired) electrons. The minimum absolute atomic E-state index is 0.173. The van der Waals surface area contributed by atoms with Crippen molar-refractivity contribution in [1.82, 2.24) is 5.32 Å². The second-order valence-electron chi connectivity index (χ2n) is 3.48. The molecule has 3 nitrogen and oxygen atoms in total. The van der Waals surface area contributed by atoms with Crippen molar-refractivity contribution in [3.8, 4) is 0 Å². The van der Waals surface area contributed by atoms with Gasteiger partial charge in [-0.15, -0.1) is 0 Å². The summed E-state index contributed by atoms with van der Waals surface area (Å²) >= 11 is 0. The molecule has 0 aromatic heterocycles. The molecule has 0 aromatic rings. The van der Waals surface area contributed by atoms with Crippen LogP contribution in [0.2, 0.25) is 0 Å². The van der Waals surface area contributed by atoms with Crippen molar-refractivity contribution < 1.29 is 9.47 Å². The number of likely N-dealkylation sites (N-methyl/N-ethyl adjacent to an activating group) is 1. The molecule has 3 heteroatoms. The molecule has 0 aliphatic rings. The maximum Gasteiger partial charge on any atom is 0.172 e. The summed E-state index contributed by atoms with van der Waals surface area (Å²) in [6.45, 7) is 11.4. The first kappa shape index (κ1) is 14.6. The average molecular weight is 215 g/mol. The van der Waals surface area contributed by atoms with Crippen molar-refractivity contribution in [2.45, 2.75) is 45.9 Å². The van der Waals surface area contributed by atoms with Crippen LogP contribution in [0.25, 0.3) is 0 Å². The molecular weight excluding hydrogens is 190 g/mol. The van der Waals surface area contributed by atoms with Crippen molar-refractivity contribution in [2.75, 3.05) is 20.3 Å². The van der Waals surface area contributed by atoms with E-state index in [2.05, 4.69) is 18.8 Å². The van der Waals surface area contributed by atoms with E-state index in [-0.39, 0.29) is 12.3 Å². The predicted molar refractivity (Wildman–Crippen MR) is 63.9 cm³/mol. The minimum Gasteiger partial charge on any atom is -0.351 e. The van der Waals surface area contributed by atoms with Crippen LogP contribution in [0.1, 0.15) is 33.6 Å². The van der Waals surface area contributed by atoms with Gasteiger partial charge in [0.25, 0.3) is 0 Å². The Kier molecular flexibility index (Phi) is 8.67. The number of ether oxygens (including phenoxy) is 2. The summed E-state index contributed by atoms with van der Waals surface area (Å²) in [6.07, 6.45) is 1.73. The Hall–Kier alpha value is -0.380. The number of rotatable bonds is 9. The number of hydrogen-bond acceptors (Lipinski definition) is 3. The smallest absolute Gasteiger partial charge is 0.172 e. The van der Waals surface area contributed by atoms with Crippen LogP contribution >= 0.6 is 0 Å². The molecule has 0 heterocycles. The lowest BCUT2D eigenvalue weighted by Gasteiger charge is -2.26. The lowest BCUT2D eigenvalue weighted by Crippen LogP contribution is -2.41. The molecule has 1 atom stereocenters. The standard InChI is InChI=1S/C12H25NO2/c1-6-10(4)9-11(13-5)12(14-7-2)15-8-3/h11-13H,4,6-9H2,1-3,5H3. The summed E-state index contributed by atoms with van der Waals surface area (Å²) in [6, 6.07) is 0.192. The summed E-state index contributed by atoms with van der Waals surface area (Å²) in [5, 5.41) is 3.23. The van der Waals surface area contributed by atoms with E-state index >= 15 is 0 Å². The van der Waals surface area contributed by atoms with Gasteiger partial charge in [-0.3, -0.25) is 0 Å². The summed E-state index contributed by atoms with van der Waals surface area (Å²) in [5.41, 5.74) is 1.22. The van der Waals surface area contributed by atoms with E-state index in [4.69, 9.17) is 9.47 Å². The molecule has 0 spiro atoms. The van der Waals surface area contributed by atoms with Crippen molar-refractivity contribution in [2.24, 2.45) is 0 Å². The monoisotopic (exact) mass is 215 g/mol. The van der Waals surface area contributed by atoms with Crippen LogP contribution in [0, 0.1) is 0 Å². The zero-order valence-electron chi connectivity index (χ0n) is 10.5. The molecule has 0 saturated heterocycles. The highest BCUT2D eigenvalue weighted by Gasteiger charge is 2.20. The van der Waals surface area contributed by atoms with E-state index in [1.807, 2.05) is 20.9 Å². The summed E-state index contributed by atoms with van der Waals surface area (Å²) < 4.78 is 11.1. The number of nitrogens with one attached hydrogen (secondary N) is 1. The maximum atomic E-state index is 5.55. The van der Waals surface area contributed by atoms with Crippen molar-refractivity contribution >= 4 is 0 Å². The zero-order chi connectivity index (χ0) is 11.7. The van der Waals surface area contributed by atoms with Gasteiger partial charge >= 0.3 is 0 Å². The Balaban J connectivity index is 4.23. The first-order valence-corrected chi connectivity index (χ1v) is 5.76. The molecule has 15 heavy (non-hydrogen) atoms. The summed E-state index contributed by atoms with van der Waals surface area (Å²) in [4.78, 5) is 0. The Bertz CT molecular complexity index is 165. The second kappa shape index (κ2) is 8.89. The molecule has 0 rings (SSSR count). The maximum absolute atomic E-state index is 5.55. The van der Waals surface area contributed by atoms with Crippen LogP contribution in [0.15, 0.2) is 12.2 Å². The third-order valence-electron chi connectivity index (χ3n) is 2.37. The van der Waals surface area contributed by atoms with Gasteiger partial charge in [-0.1, -0.05) is 19.1 Å². The van der Waals surface area contributed by atoms with E-state index in [1.54, 1.807) is 0 Å². The van der Waals surface area contributed by atoms with Gasteiger partial charge in [0, 0.05) is 13.2 Å². The molecule has 0 aliphatic heterocycles. The Labute approximate surface area is 93.8 Å². The fourth-order valence-corrected chi connectivity index (χ4v) is 1.40. The van der Waals surface area contributed by atoms with Crippen LogP contribution in [0.5, 0.6) is 0 Å². The van der Waals surface area contributed by atoms with Gasteiger partial charge in [0.05, 0.1) is 6.04 Å². The van der Waals surface area contributed by atoms with Crippen molar-refractivity contribution in [3.05, 3.63) is 12.2 Å². The lowest BCUT2D eigenvalue weighted by molar-refractivity contribution is -0.152. The van der Waals surface area contributed by atoms with Gasteiger partial charge in [-0.05, 0) is 33.7 Å². The van der Waals surface area contributed by atoms with Crippen LogP contribution in [0.3, 0.4) is 0 Å². The summed E-state index contributed by atoms with van der Waals surface area (Å²) in [7, 11) is 1.93. The molecule has 0 aromatic carbocycles. The van der Waals surface area contributed by atoms with E-state index in [1.165, 1.54) is 5.57 Å². The lowest BCUT2D eigenvalue weighted by atomic mass is 10.1. The van der Waals surface area contributed by atoms with Crippen LogP contribution in [0.4, 0.5) is 0 Å². The predicted octanol–water partition coefficient (Wildman–Crippen LogP) is 2.33. The van der Waals surface area contributed by atoms with Gasteiger partial charge < -0.3 is 14.8 Å². The molecule has 0 amide bonds. The van der Waals surface area contributed by atoms with Gasteiger partial charge in [0.1, 0.15) is 0 Å². The molecule has 1 unspecified atom stereocenters. The highest BCUT2D eigenvalue weighted by Crippen LogP contribution is 2.13. The first-order valence-electron chi connectivity index (χ1n) is 5.76.